The number of para-hydroxylation sites is 1. The normalized spacial score (nSPS) is 14.6. The van der Waals surface area contributed by atoms with Crippen LogP contribution in [0.25, 0.3) is 78.7 Å². The molecule has 1 atom stereocenters. The van der Waals surface area contributed by atoms with Crippen molar-refractivity contribution in [2.75, 3.05) is 0 Å². The Hall–Kier alpha value is -7.43. The number of aromatic nitrogens is 3. The predicted molar refractivity (Wildman–Crippen MR) is 225 cm³/mol. The first-order valence-electron chi connectivity index (χ1n) is 18.9. The minimum atomic E-state index is -0.742. The summed E-state index contributed by atoms with van der Waals surface area (Å²) in [7, 11) is 0. The van der Waals surface area contributed by atoms with Gasteiger partial charge in [0.25, 0.3) is 0 Å². The van der Waals surface area contributed by atoms with Crippen LogP contribution in [0.1, 0.15) is 16.7 Å². The Morgan fingerprint density at radius 2 is 0.661 bits per heavy atom. The fraction of sp³-hybridized carbons (Fsp3) is 0.0192. The van der Waals surface area contributed by atoms with Gasteiger partial charge in [-0.1, -0.05) is 188 Å². The zero-order valence-corrected chi connectivity index (χ0v) is 30.3. The summed E-state index contributed by atoms with van der Waals surface area (Å²) in [5.41, 5.74) is 14.8. The van der Waals surface area contributed by atoms with E-state index in [4.69, 9.17) is 19.7 Å². The molecule has 11 rings (SSSR count). The molecule has 8 aromatic carbocycles. The van der Waals surface area contributed by atoms with Crippen LogP contribution in [0.3, 0.4) is 0 Å². The molecule has 1 spiro atoms. The average Bonchev–Trinajstić information content (AvgIpc) is 3.56. The van der Waals surface area contributed by atoms with Crippen LogP contribution in [0.2, 0.25) is 0 Å². The van der Waals surface area contributed by atoms with Gasteiger partial charge in [0.1, 0.15) is 5.75 Å². The number of nitrogens with zero attached hydrogens (tertiary/aromatic N) is 3. The van der Waals surface area contributed by atoms with Crippen LogP contribution in [-0.4, -0.2) is 15.0 Å². The van der Waals surface area contributed by atoms with Gasteiger partial charge in [0, 0.05) is 38.9 Å². The van der Waals surface area contributed by atoms with E-state index in [2.05, 4.69) is 164 Å². The van der Waals surface area contributed by atoms with Crippen LogP contribution >= 0.6 is 0 Å². The van der Waals surface area contributed by atoms with Crippen molar-refractivity contribution in [3.05, 3.63) is 217 Å². The quantitative estimate of drug-likeness (QED) is 0.178. The maximum Gasteiger partial charge on any atom is 0.186 e. The van der Waals surface area contributed by atoms with Crippen LogP contribution < -0.4 is 4.74 Å². The molecule has 56 heavy (non-hydrogen) atoms. The van der Waals surface area contributed by atoms with Gasteiger partial charge in [-0.25, -0.2) is 15.0 Å². The molecule has 9 aromatic rings. The van der Waals surface area contributed by atoms with E-state index in [1.807, 2.05) is 36.4 Å². The second kappa shape index (κ2) is 12.9. The highest BCUT2D eigenvalue weighted by Crippen LogP contribution is 2.58. The number of ether oxygens (including phenoxy) is 1. The van der Waals surface area contributed by atoms with Crippen molar-refractivity contribution in [3.63, 3.8) is 0 Å². The molecule has 262 valence electrons. The molecule has 2 aliphatic rings. The summed E-state index contributed by atoms with van der Waals surface area (Å²) in [5.74, 6) is 2.81. The average molecular weight is 716 g/mol. The molecule has 0 bridgehead atoms. The molecule has 0 N–H and O–H groups in total. The fourth-order valence-corrected chi connectivity index (χ4v) is 8.45. The van der Waals surface area contributed by atoms with Gasteiger partial charge in [-0.15, -0.1) is 0 Å². The summed E-state index contributed by atoms with van der Waals surface area (Å²) in [4.78, 5) is 15.0. The van der Waals surface area contributed by atoms with Gasteiger partial charge in [0.05, 0.1) is 0 Å². The van der Waals surface area contributed by atoms with E-state index in [-0.39, 0.29) is 0 Å². The van der Waals surface area contributed by atoms with Crippen LogP contribution in [-0.2, 0) is 5.60 Å². The van der Waals surface area contributed by atoms with Crippen molar-refractivity contribution < 1.29 is 4.74 Å². The molecule has 1 unspecified atom stereocenters. The highest BCUT2D eigenvalue weighted by Gasteiger charge is 2.50. The molecule has 2 heterocycles. The zero-order valence-electron chi connectivity index (χ0n) is 30.3. The van der Waals surface area contributed by atoms with Gasteiger partial charge in [0.15, 0.2) is 23.1 Å². The number of hydrogen-bond acceptors (Lipinski definition) is 4. The number of hydrogen-bond donors (Lipinski definition) is 0. The minimum absolute atomic E-state index is 0.630. The maximum atomic E-state index is 7.16. The zero-order chi connectivity index (χ0) is 37.1. The third kappa shape index (κ3) is 5.11. The monoisotopic (exact) mass is 715 g/mol. The van der Waals surface area contributed by atoms with Crippen molar-refractivity contribution in [1.82, 2.24) is 15.0 Å². The standard InChI is InChI=1S/C52H33N3O/c1-3-13-34(14-4-1)35-23-27-38(28-24-35)50-53-49(37-15-5-2-6-16-37)54-51(55-50)39-29-25-36(26-30-39)40-31-32-47-44(33-40)42-18-8-11-21-46(42)52(47)45-20-10-7-17-41(45)43-19-9-12-22-48(43)56-52/h1-33H. The Morgan fingerprint density at radius 1 is 0.286 bits per heavy atom. The Labute approximate surface area is 325 Å². The highest BCUT2D eigenvalue weighted by molar-refractivity contribution is 5.90. The van der Waals surface area contributed by atoms with E-state index >= 15 is 0 Å². The van der Waals surface area contributed by atoms with E-state index < -0.39 is 5.60 Å². The maximum absolute atomic E-state index is 7.16. The van der Waals surface area contributed by atoms with E-state index in [9.17, 15) is 0 Å². The van der Waals surface area contributed by atoms with E-state index in [0.29, 0.717) is 17.5 Å². The summed E-state index contributed by atoms with van der Waals surface area (Å²) in [6.07, 6.45) is 0. The van der Waals surface area contributed by atoms with E-state index in [0.717, 1.165) is 50.3 Å². The van der Waals surface area contributed by atoms with Crippen molar-refractivity contribution in [2.45, 2.75) is 5.60 Å². The second-order valence-electron chi connectivity index (χ2n) is 14.3. The summed E-state index contributed by atoms with van der Waals surface area (Å²) in [5, 5.41) is 0. The summed E-state index contributed by atoms with van der Waals surface area (Å²) in [6, 6.07) is 70.0. The first-order chi connectivity index (χ1) is 27.7. The number of benzene rings is 8. The van der Waals surface area contributed by atoms with Crippen LogP contribution in [0, 0.1) is 0 Å². The molecular weight excluding hydrogens is 683 g/mol. The first-order valence-corrected chi connectivity index (χ1v) is 18.9. The number of rotatable bonds is 5. The molecule has 0 radical (unpaired) electrons. The molecule has 0 fully saturated rings. The van der Waals surface area contributed by atoms with Crippen LogP contribution in [0.4, 0.5) is 0 Å². The largest absolute Gasteiger partial charge is 0.472 e. The van der Waals surface area contributed by atoms with E-state index in [1.165, 1.54) is 33.4 Å². The lowest BCUT2D eigenvalue weighted by Crippen LogP contribution is -2.36. The van der Waals surface area contributed by atoms with Crippen LogP contribution in [0.5, 0.6) is 5.75 Å². The molecule has 4 heteroatoms. The Morgan fingerprint density at radius 3 is 1.25 bits per heavy atom. The van der Waals surface area contributed by atoms with Crippen molar-refractivity contribution in [3.8, 4) is 84.4 Å². The van der Waals surface area contributed by atoms with Crippen molar-refractivity contribution in [1.29, 1.82) is 0 Å². The van der Waals surface area contributed by atoms with Gasteiger partial charge in [-0.3, -0.25) is 0 Å². The Balaban J connectivity index is 0.977. The van der Waals surface area contributed by atoms with Crippen molar-refractivity contribution >= 4 is 0 Å². The molecule has 0 saturated carbocycles. The lowest BCUT2D eigenvalue weighted by atomic mass is 9.77. The van der Waals surface area contributed by atoms with Gasteiger partial charge in [-0.2, -0.15) is 0 Å². The SMILES string of the molecule is c1ccc(-c2ccc(-c3nc(-c4ccccc4)nc(-c4ccc(-c5ccc6c(c5)-c5ccccc5C65Oc6ccccc6-c6ccccc65)cc4)n3)cc2)cc1. The highest BCUT2D eigenvalue weighted by atomic mass is 16.5. The number of fused-ring (bicyclic) bond motifs is 9. The van der Waals surface area contributed by atoms with Gasteiger partial charge in [0.2, 0.25) is 0 Å². The Kier molecular flexibility index (Phi) is 7.36. The lowest BCUT2D eigenvalue weighted by Gasteiger charge is -2.39. The predicted octanol–water partition coefficient (Wildman–Crippen LogP) is 12.5. The smallest absolute Gasteiger partial charge is 0.186 e. The first kappa shape index (κ1) is 32.0. The summed E-state index contributed by atoms with van der Waals surface area (Å²) < 4.78 is 7.16. The topological polar surface area (TPSA) is 47.9 Å². The fourth-order valence-electron chi connectivity index (χ4n) is 8.45. The Bertz CT molecular complexity index is 2920. The molecule has 0 saturated heterocycles. The molecule has 1 aliphatic heterocycles. The minimum Gasteiger partial charge on any atom is -0.472 e. The third-order valence-electron chi connectivity index (χ3n) is 11.1. The van der Waals surface area contributed by atoms with E-state index in [1.54, 1.807) is 0 Å². The van der Waals surface area contributed by atoms with Crippen LogP contribution in [0.15, 0.2) is 200 Å². The molecule has 1 aliphatic carbocycles. The second-order valence-corrected chi connectivity index (χ2v) is 14.3. The molecular formula is C52H33N3O. The van der Waals surface area contributed by atoms with Crippen molar-refractivity contribution in [2.24, 2.45) is 0 Å². The molecule has 4 nitrogen and oxygen atoms in total. The van der Waals surface area contributed by atoms with Gasteiger partial charge >= 0.3 is 0 Å². The van der Waals surface area contributed by atoms with Gasteiger partial charge < -0.3 is 4.74 Å². The summed E-state index contributed by atoms with van der Waals surface area (Å²) >= 11 is 0. The third-order valence-corrected chi connectivity index (χ3v) is 11.1. The summed E-state index contributed by atoms with van der Waals surface area (Å²) in [6.45, 7) is 0. The van der Waals surface area contributed by atoms with Gasteiger partial charge in [-0.05, 0) is 51.1 Å². The molecule has 1 aromatic heterocycles. The molecule has 0 amide bonds. The lowest BCUT2D eigenvalue weighted by molar-refractivity contribution is 0.157.